The molecule has 0 aliphatic heterocycles. The first kappa shape index (κ1) is 22.0. The Balaban J connectivity index is 2.65. The van der Waals surface area contributed by atoms with Crippen LogP contribution >= 0.6 is 46.4 Å². The van der Waals surface area contributed by atoms with Crippen molar-refractivity contribution in [2.75, 3.05) is 0 Å². The molecule has 3 rings (SSSR count). The number of benzene rings is 3. The number of halogens is 4. The lowest BCUT2D eigenvalue weighted by molar-refractivity contribution is 0.439. The Bertz CT molecular complexity index is 1210. The van der Waals surface area contributed by atoms with E-state index in [0.29, 0.717) is 0 Å². The molecule has 1 unspecified atom stereocenters. The largest absolute Gasteiger partial charge is 0.508 e. The van der Waals surface area contributed by atoms with Crippen molar-refractivity contribution in [3.63, 3.8) is 0 Å². The Morgan fingerprint density at radius 3 is 2.07 bits per heavy atom. The molecule has 3 aromatic carbocycles. The summed E-state index contributed by atoms with van der Waals surface area (Å²) >= 11 is 24.5. The van der Waals surface area contributed by atoms with E-state index in [1.807, 2.05) is 0 Å². The Kier molecular flexibility index (Phi) is 5.98. The molecule has 0 fully saturated rings. The minimum absolute atomic E-state index is 0.00544. The van der Waals surface area contributed by atoms with E-state index in [2.05, 4.69) is 0 Å². The van der Waals surface area contributed by atoms with Crippen LogP contribution in [0.2, 0.25) is 20.1 Å². The standard InChI is InChI=1S/C19H12Cl4O5S/c20-11-3-1-2-10(6-11)19(29(26,27)28,14-9-13(24)4-5-16(14)22)15-7-12(21)8-17(23)18(15)25/h1-9,24-25H,(H,26,27,28). The highest BCUT2D eigenvalue weighted by Crippen LogP contribution is 2.52. The van der Waals surface area contributed by atoms with Crippen LogP contribution in [0.5, 0.6) is 11.5 Å². The van der Waals surface area contributed by atoms with Gasteiger partial charge in [-0.2, -0.15) is 8.42 Å². The number of hydrogen-bond donors (Lipinski definition) is 3. The number of phenolic OH excluding ortho intramolecular Hbond substituents is 2. The molecule has 0 aliphatic carbocycles. The third-order valence-electron chi connectivity index (χ3n) is 4.35. The van der Waals surface area contributed by atoms with Crippen molar-refractivity contribution < 1.29 is 23.2 Å². The number of aromatic hydroxyl groups is 2. The van der Waals surface area contributed by atoms with Crippen LogP contribution in [-0.2, 0) is 14.9 Å². The fourth-order valence-corrected chi connectivity index (χ4v) is 5.51. The SMILES string of the molecule is O=S(=O)(O)C(c1cccc(Cl)c1)(c1cc(O)ccc1Cl)c1cc(Cl)cc(Cl)c1O. The van der Waals surface area contributed by atoms with Crippen LogP contribution in [0.15, 0.2) is 54.6 Å². The minimum atomic E-state index is -5.13. The number of rotatable bonds is 4. The molecular formula is C19H12Cl4O5S. The predicted molar refractivity (Wildman–Crippen MR) is 114 cm³/mol. The summed E-state index contributed by atoms with van der Waals surface area (Å²) in [6.45, 7) is 0. The molecule has 0 amide bonds. The van der Waals surface area contributed by atoms with Gasteiger partial charge in [0.25, 0.3) is 10.1 Å². The molecule has 29 heavy (non-hydrogen) atoms. The van der Waals surface area contributed by atoms with Gasteiger partial charge in [0, 0.05) is 26.2 Å². The molecule has 3 N–H and O–H groups in total. The molecule has 3 aromatic rings. The molecule has 152 valence electrons. The highest BCUT2D eigenvalue weighted by Gasteiger charge is 2.52. The van der Waals surface area contributed by atoms with E-state index >= 15 is 0 Å². The summed E-state index contributed by atoms with van der Waals surface area (Å²) in [6.07, 6.45) is 0. The molecule has 0 spiro atoms. The van der Waals surface area contributed by atoms with Gasteiger partial charge in [0.15, 0.2) is 4.75 Å². The predicted octanol–water partition coefficient (Wildman–Crippen LogP) is 5.89. The van der Waals surface area contributed by atoms with Crippen molar-refractivity contribution in [3.05, 3.63) is 91.4 Å². The Morgan fingerprint density at radius 2 is 1.45 bits per heavy atom. The second kappa shape index (κ2) is 7.87. The highest BCUT2D eigenvalue weighted by molar-refractivity contribution is 7.87. The quantitative estimate of drug-likeness (QED) is 0.311. The first-order valence-electron chi connectivity index (χ1n) is 7.89. The molecule has 0 heterocycles. The van der Waals surface area contributed by atoms with Gasteiger partial charge in [-0.15, -0.1) is 0 Å². The third kappa shape index (κ3) is 3.77. The van der Waals surface area contributed by atoms with E-state index in [1.165, 1.54) is 42.5 Å². The zero-order valence-corrected chi connectivity index (χ0v) is 18.1. The highest BCUT2D eigenvalue weighted by atomic mass is 35.5. The number of phenols is 2. The van der Waals surface area contributed by atoms with Crippen LogP contribution in [0.1, 0.15) is 16.7 Å². The van der Waals surface area contributed by atoms with Crippen molar-refractivity contribution in [3.8, 4) is 11.5 Å². The second-order valence-electron chi connectivity index (χ2n) is 6.11. The zero-order valence-electron chi connectivity index (χ0n) is 14.3. The lowest BCUT2D eigenvalue weighted by atomic mass is 9.83. The summed E-state index contributed by atoms with van der Waals surface area (Å²) in [4.78, 5) is 0. The molecule has 0 bridgehead atoms. The van der Waals surface area contributed by atoms with Gasteiger partial charge < -0.3 is 10.2 Å². The van der Waals surface area contributed by atoms with Gasteiger partial charge in [-0.05, 0) is 48.0 Å². The van der Waals surface area contributed by atoms with Gasteiger partial charge in [0.05, 0.1) is 5.02 Å². The second-order valence-corrected chi connectivity index (χ2v) is 9.36. The maximum absolute atomic E-state index is 13.0. The van der Waals surface area contributed by atoms with Gasteiger partial charge in [-0.3, -0.25) is 4.55 Å². The van der Waals surface area contributed by atoms with Crippen LogP contribution in [0, 0.1) is 0 Å². The van der Waals surface area contributed by atoms with E-state index in [-0.39, 0.29) is 42.5 Å². The molecule has 0 saturated heterocycles. The summed E-state index contributed by atoms with van der Waals surface area (Å²) in [5.74, 6) is -0.972. The maximum atomic E-state index is 13.0. The summed E-state index contributed by atoms with van der Waals surface area (Å²) < 4.78 is 33.9. The van der Waals surface area contributed by atoms with Crippen molar-refractivity contribution in [2.24, 2.45) is 0 Å². The fourth-order valence-electron chi connectivity index (χ4n) is 3.21. The van der Waals surface area contributed by atoms with E-state index < -0.39 is 20.6 Å². The summed E-state index contributed by atoms with van der Waals surface area (Å²) in [5.41, 5.74) is -0.668. The third-order valence-corrected chi connectivity index (χ3v) is 6.88. The lowest BCUT2D eigenvalue weighted by Gasteiger charge is -2.34. The van der Waals surface area contributed by atoms with E-state index in [0.717, 1.165) is 12.1 Å². The molecule has 0 saturated carbocycles. The van der Waals surface area contributed by atoms with Gasteiger partial charge in [0.2, 0.25) is 0 Å². The Morgan fingerprint density at radius 1 is 0.759 bits per heavy atom. The van der Waals surface area contributed by atoms with Crippen LogP contribution in [-0.4, -0.2) is 23.2 Å². The molecule has 1 atom stereocenters. The van der Waals surface area contributed by atoms with Crippen LogP contribution in [0.3, 0.4) is 0 Å². The fraction of sp³-hybridized carbons (Fsp3) is 0.0526. The molecule has 5 nitrogen and oxygen atoms in total. The van der Waals surface area contributed by atoms with Gasteiger partial charge in [-0.1, -0.05) is 58.5 Å². The lowest BCUT2D eigenvalue weighted by Crippen LogP contribution is -2.38. The first-order chi connectivity index (χ1) is 13.5. The normalized spacial score (nSPS) is 13.8. The van der Waals surface area contributed by atoms with Gasteiger partial charge >= 0.3 is 0 Å². The Labute approximate surface area is 186 Å². The zero-order chi connectivity index (χ0) is 21.6. The van der Waals surface area contributed by atoms with Crippen molar-refractivity contribution in [2.45, 2.75) is 4.75 Å². The summed E-state index contributed by atoms with van der Waals surface area (Å²) in [7, 11) is -5.13. The van der Waals surface area contributed by atoms with Crippen molar-refractivity contribution in [1.82, 2.24) is 0 Å². The van der Waals surface area contributed by atoms with E-state index in [1.54, 1.807) is 0 Å². The van der Waals surface area contributed by atoms with Crippen LogP contribution < -0.4 is 0 Å². The summed E-state index contributed by atoms with van der Waals surface area (Å²) in [6, 6.07) is 11.5. The maximum Gasteiger partial charge on any atom is 0.283 e. The van der Waals surface area contributed by atoms with E-state index in [9.17, 15) is 23.2 Å². The van der Waals surface area contributed by atoms with E-state index in [4.69, 9.17) is 46.4 Å². The summed E-state index contributed by atoms with van der Waals surface area (Å²) in [5, 5.41) is 20.5. The monoisotopic (exact) mass is 492 g/mol. The van der Waals surface area contributed by atoms with Crippen molar-refractivity contribution in [1.29, 1.82) is 0 Å². The number of hydrogen-bond acceptors (Lipinski definition) is 4. The van der Waals surface area contributed by atoms with Crippen LogP contribution in [0.25, 0.3) is 0 Å². The molecule has 0 aliphatic rings. The molecule has 0 aromatic heterocycles. The smallest absolute Gasteiger partial charge is 0.283 e. The average molecular weight is 494 g/mol. The first-order valence-corrected chi connectivity index (χ1v) is 10.8. The molecular weight excluding hydrogens is 482 g/mol. The van der Waals surface area contributed by atoms with Crippen LogP contribution in [0.4, 0.5) is 0 Å². The minimum Gasteiger partial charge on any atom is -0.508 e. The van der Waals surface area contributed by atoms with Gasteiger partial charge in [0.1, 0.15) is 11.5 Å². The molecule has 0 radical (unpaired) electrons. The Hall–Kier alpha value is -1.67. The topological polar surface area (TPSA) is 94.8 Å². The van der Waals surface area contributed by atoms with Gasteiger partial charge in [-0.25, -0.2) is 0 Å². The average Bonchev–Trinajstić information content (AvgIpc) is 2.61. The molecule has 10 heteroatoms. The van der Waals surface area contributed by atoms with Crippen molar-refractivity contribution >= 4 is 56.5 Å².